The second-order valence-electron chi connectivity index (χ2n) is 17.8. The molecule has 4 bridgehead atoms. The van der Waals surface area contributed by atoms with Gasteiger partial charge in [-0.05, 0) is 87.0 Å². The lowest BCUT2D eigenvalue weighted by Gasteiger charge is -2.36. The van der Waals surface area contributed by atoms with Crippen LogP contribution in [-0.2, 0) is 34.0 Å². The first-order chi connectivity index (χ1) is 27.3. The number of ether oxygens (including phenoxy) is 1. The lowest BCUT2D eigenvalue weighted by Crippen LogP contribution is -2.60. The first-order valence-corrected chi connectivity index (χ1v) is 21.4. The molecule has 0 spiro atoms. The molecule has 5 atom stereocenters. The second-order valence-corrected chi connectivity index (χ2v) is 19.7. The van der Waals surface area contributed by atoms with Crippen LogP contribution in [0.3, 0.4) is 0 Å². The number of fused-ring (bicyclic) bond motifs is 6. The SMILES string of the molecule is CC1(C)CCCC/C=C/c2ccc3c(c2)/C(=N/O[C@@H]2C[C@@H](C(=O)N[C@@]4(C(=O)NS(=O)(=O)C5CC5)C[C@H]4C(F)F)N(C2)C(=O)[C@H](C(C)(C)C)NC(=O)O1)c1ccccc1-3. The molecule has 2 aliphatic heterocycles. The summed E-state index contributed by atoms with van der Waals surface area (Å²) in [4.78, 5) is 63.2. The highest BCUT2D eigenvalue weighted by Crippen LogP contribution is 2.48. The second kappa shape index (κ2) is 15.4. The summed E-state index contributed by atoms with van der Waals surface area (Å²) in [7, 11) is -4.13. The van der Waals surface area contributed by atoms with Gasteiger partial charge in [-0.1, -0.05) is 74.5 Å². The van der Waals surface area contributed by atoms with Crippen molar-refractivity contribution in [2.45, 2.75) is 127 Å². The van der Waals surface area contributed by atoms with Gasteiger partial charge in [0.25, 0.3) is 5.91 Å². The van der Waals surface area contributed by atoms with Crippen LogP contribution in [0.1, 0.15) is 103 Å². The van der Waals surface area contributed by atoms with Crippen molar-refractivity contribution in [3.63, 3.8) is 0 Å². The van der Waals surface area contributed by atoms with Gasteiger partial charge >= 0.3 is 6.09 Å². The lowest BCUT2D eigenvalue weighted by molar-refractivity contribution is -0.143. The Kier molecular flexibility index (Phi) is 11.0. The average Bonchev–Trinajstić information content (AvgIpc) is 4.06. The standard InChI is InChI=1S/C42H51F2N5O8S/c1-40(2,3)34-37(51)49-23-25(21-32(49)36(50)46-42(22-31(42)35(43)44)38(52)48-58(54,55)26-16-17-26)57-47-33-29-14-10-9-13-27(29)28-18-15-24(20-30(28)33)12-8-6-7-11-19-41(4,5)56-39(53)45-34/h8-10,12-15,18,20,25-26,31-32,34-35H,6-7,11,16-17,19,21-23H2,1-5H3,(H,45,53)(H,46,50)(H,48,52)/b12-8+,47-33+/t25-,31+,32+,34-,42+/m1/s1. The fourth-order valence-corrected chi connectivity index (χ4v) is 9.46. The van der Waals surface area contributed by atoms with Gasteiger partial charge in [0.1, 0.15) is 35.0 Å². The van der Waals surface area contributed by atoms with Gasteiger partial charge in [0.2, 0.25) is 28.3 Å². The van der Waals surface area contributed by atoms with Gasteiger partial charge in [-0.2, -0.15) is 0 Å². The smallest absolute Gasteiger partial charge is 0.408 e. The molecule has 2 aromatic rings. The Morgan fingerprint density at radius 2 is 1.72 bits per heavy atom. The maximum atomic E-state index is 14.7. The summed E-state index contributed by atoms with van der Waals surface area (Å²) >= 11 is 0. The van der Waals surface area contributed by atoms with Gasteiger partial charge in [-0.15, -0.1) is 0 Å². The molecule has 3 aliphatic carbocycles. The van der Waals surface area contributed by atoms with E-state index < -0.39 is 92.6 Å². The number of amides is 4. The molecule has 4 amide bonds. The minimum Gasteiger partial charge on any atom is -0.444 e. The zero-order valence-electron chi connectivity index (χ0n) is 33.3. The Balaban J connectivity index is 1.24. The molecule has 7 rings (SSSR count). The number of alkyl carbamates (subject to hydrolysis) is 1. The monoisotopic (exact) mass is 823 g/mol. The highest BCUT2D eigenvalue weighted by Gasteiger charge is 2.67. The molecule has 0 aromatic heterocycles. The third-order valence-corrected chi connectivity index (χ3v) is 13.5. The summed E-state index contributed by atoms with van der Waals surface area (Å²) in [5.41, 5.74) is 1.11. The summed E-state index contributed by atoms with van der Waals surface area (Å²) in [6.07, 6.45) is 2.36. The van der Waals surface area contributed by atoms with E-state index >= 15 is 0 Å². The van der Waals surface area contributed by atoms with Crippen LogP contribution < -0.4 is 15.4 Å². The van der Waals surface area contributed by atoms with Crippen molar-refractivity contribution in [1.82, 2.24) is 20.3 Å². The van der Waals surface area contributed by atoms with E-state index in [1.807, 2.05) is 53.3 Å². The molecule has 312 valence electrons. The number of carbonyl (C=O) groups is 4. The van der Waals surface area contributed by atoms with Crippen LogP contribution in [0.15, 0.2) is 53.7 Å². The number of allylic oxidation sites excluding steroid dienone is 1. The molecule has 5 aliphatic rings. The van der Waals surface area contributed by atoms with E-state index in [1.54, 1.807) is 34.6 Å². The molecule has 1 saturated heterocycles. The Morgan fingerprint density at radius 3 is 2.40 bits per heavy atom. The molecule has 13 nitrogen and oxygen atoms in total. The van der Waals surface area contributed by atoms with E-state index in [0.717, 1.165) is 47.1 Å². The third-order valence-electron chi connectivity index (χ3n) is 11.6. The van der Waals surface area contributed by atoms with Crippen LogP contribution in [0, 0.1) is 11.3 Å². The molecule has 2 aromatic carbocycles. The van der Waals surface area contributed by atoms with Crippen LogP contribution in [0.4, 0.5) is 13.6 Å². The number of halogens is 2. The number of sulfonamides is 1. The molecule has 0 unspecified atom stereocenters. The molecule has 16 heteroatoms. The van der Waals surface area contributed by atoms with Crippen molar-refractivity contribution in [3.8, 4) is 11.1 Å². The molecular weight excluding hydrogens is 773 g/mol. The van der Waals surface area contributed by atoms with Crippen molar-refractivity contribution in [2.24, 2.45) is 16.5 Å². The zero-order valence-corrected chi connectivity index (χ0v) is 34.2. The maximum absolute atomic E-state index is 14.7. The Labute approximate surface area is 337 Å². The van der Waals surface area contributed by atoms with Crippen LogP contribution in [-0.4, -0.2) is 90.4 Å². The van der Waals surface area contributed by atoms with E-state index in [-0.39, 0.29) is 13.0 Å². The van der Waals surface area contributed by atoms with Gasteiger partial charge < -0.3 is 25.1 Å². The number of cyclic esters (lactones) is 1. The molecule has 2 heterocycles. The fourth-order valence-electron chi connectivity index (χ4n) is 8.09. The van der Waals surface area contributed by atoms with E-state index in [0.29, 0.717) is 25.0 Å². The van der Waals surface area contributed by atoms with E-state index in [9.17, 15) is 36.4 Å². The number of oxime groups is 1. The zero-order chi connectivity index (χ0) is 41.8. The molecule has 0 radical (unpaired) electrons. The minimum atomic E-state index is -4.13. The minimum absolute atomic E-state index is 0.155. The summed E-state index contributed by atoms with van der Waals surface area (Å²) in [5.74, 6) is -4.52. The Morgan fingerprint density at radius 1 is 1.02 bits per heavy atom. The number of benzene rings is 2. The van der Waals surface area contributed by atoms with Crippen molar-refractivity contribution in [2.75, 3.05) is 6.54 Å². The van der Waals surface area contributed by atoms with E-state index in [1.165, 1.54) is 4.90 Å². The predicted molar refractivity (Wildman–Crippen MR) is 212 cm³/mol. The largest absolute Gasteiger partial charge is 0.444 e. The van der Waals surface area contributed by atoms with Crippen molar-refractivity contribution in [3.05, 3.63) is 65.2 Å². The van der Waals surface area contributed by atoms with Crippen molar-refractivity contribution < 1.29 is 46.0 Å². The van der Waals surface area contributed by atoms with Crippen molar-refractivity contribution >= 4 is 45.6 Å². The fraction of sp³-hybridized carbons (Fsp3) is 0.548. The maximum Gasteiger partial charge on any atom is 0.408 e. The third kappa shape index (κ3) is 8.48. The molecule has 58 heavy (non-hydrogen) atoms. The average molecular weight is 824 g/mol. The normalized spacial score (nSPS) is 28.8. The highest BCUT2D eigenvalue weighted by molar-refractivity contribution is 7.91. The van der Waals surface area contributed by atoms with E-state index in [4.69, 9.17) is 9.57 Å². The van der Waals surface area contributed by atoms with E-state index in [2.05, 4.69) is 21.9 Å². The van der Waals surface area contributed by atoms with Gasteiger partial charge in [-0.3, -0.25) is 19.1 Å². The summed E-state index contributed by atoms with van der Waals surface area (Å²) in [6, 6.07) is 11.2. The van der Waals surface area contributed by atoms with Crippen LogP contribution in [0.25, 0.3) is 17.2 Å². The quantitative estimate of drug-likeness (QED) is 0.286. The number of rotatable bonds is 6. The first kappa shape index (κ1) is 41.3. The van der Waals surface area contributed by atoms with Gasteiger partial charge in [-0.25, -0.2) is 22.0 Å². The van der Waals surface area contributed by atoms with Gasteiger partial charge in [0.15, 0.2) is 0 Å². The number of nitrogens with one attached hydrogen (secondary N) is 3. The summed E-state index contributed by atoms with van der Waals surface area (Å²) < 4.78 is 61.5. The molecule has 2 saturated carbocycles. The first-order valence-electron chi connectivity index (χ1n) is 19.9. The number of hydrogen-bond donors (Lipinski definition) is 3. The van der Waals surface area contributed by atoms with Crippen LogP contribution in [0.5, 0.6) is 0 Å². The molecule has 3 fully saturated rings. The molecule has 3 N–H and O–H groups in total. The van der Waals surface area contributed by atoms with Crippen molar-refractivity contribution in [1.29, 1.82) is 0 Å². The van der Waals surface area contributed by atoms with Gasteiger partial charge in [0.05, 0.1) is 17.7 Å². The van der Waals surface area contributed by atoms with Gasteiger partial charge in [0, 0.05) is 17.5 Å². The van der Waals surface area contributed by atoms with Crippen LogP contribution >= 0.6 is 0 Å². The van der Waals surface area contributed by atoms with Crippen LogP contribution in [0.2, 0.25) is 0 Å². The number of alkyl halides is 2. The summed E-state index contributed by atoms with van der Waals surface area (Å²) in [6.45, 7) is 8.61. The number of hydrogen-bond acceptors (Lipinski definition) is 9. The lowest BCUT2D eigenvalue weighted by atomic mass is 9.85. The Hall–Kier alpha value is -4.86. The highest BCUT2D eigenvalue weighted by atomic mass is 32.2. The topological polar surface area (TPSA) is 173 Å². The predicted octanol–water partition coefficient (Wildman–Crippen LogP) is 5.66. The molecular formula is C42H51F2N5O8S. The summed E-state index contributed by atoms with van der Waals surface area (Å²) in [5, 5.41) is 8.97. The Bertz CT molecular complexity index is 2160. The number of nitrogens with zero attached hydrogens (tertiary/aromatic N) is 2. The number of carbonyl (C=O) groups excluding carboxylic acids is 4.